The molecule has 0 amide bonds. The second kappa shape index (κ2) is 6.04. The molecule has 1 heterocycles. The number of rotatable bonds is 5. The molecule has 2 N–H and O–H groups in total. The van der Waals surface area contributed by atoms with Crippen LogP contribution >= 0.6 is 11.3 Å². The van der Waals surface area contributed by atoms with Gasteiger partial charge in [0.05, 0.1) is 6.10 Å². The van der Waals surface area contributed by atoms with Gasteiger partial charge in [-0.1, -0.05) is 18.2 Å². The van der Waals surface area contributed by atoms with Crippen molar-refractivity contribution >= 4 is 21.4 Å². The molecule has 3 atom stereocenters. The van der Waals surface area contributed by atoms with E-state index in [1.807, 2.05) is 18.3 Å². The molecule has 0 aliphatic carbocycles. The zero-order chi connectivity index (χ0) is 14.0. The third-order valence-electron chi connectivity index (χ3n) is 3.50. The normalized spacial score (nSPS) is 16.5. The van der Waals surface area contributed by atoms with E-state index in [1.54, 1.807) is 0 Å². The van der Waals surface area contributed by atoms with E-state index in [4.69, 9.17) is 0 Å². The van der Waals surface area contributed by atoms with Gasteiger partial charge in [-0.25, -0.2) is 0 Å². The Morgan fingerprint density at radius 3 is 2.53 bits per heavy atom. The second-order valence-electron chi connectivity index (χ2n) is 5.46. The molecule has 2 rings (SSSR count). The van der Waals surface area contributed by atoms with Crippen molar-refractivity contribution in [3.8, 4) is 0 Å². The molecule has 0 spiro atoms. The predicted molar refractivity (Wildman–Crippen MR) is 83.9 cm³/mol. The summed E-state index contributed by atoms with van der Waals surface area (Å²) in [5, 5.41) is 14.4. The molecule has 1 aromatic carbocycles. The van der Waals surface area contributed by atoms with E-state index in [9.17, 15) is 5.11 Å². The first-order valence-corrected chi connectivity index (χ1v) is 7.72. The van der Waals surface area contributed by atoms with E-state index >= 15 is 0 Å². The maximum atomic E-state index is 9.44. The number of aliphatic hydroxyl groups excluding tert-OH is 1. The Labute approximate surface area is 119 Å². The highest BCUT2D eigenvalue weighted by Gasteiger charge is 2.16. The molecule has 19 heavy (non-hydrogen) atoms. The van der Waals surface area contributed by atoms with Crippen LogP contribution in [0.15, 0.2) is 24.3 Å². The molecule has 104 valence electrons. The number of aryl methyl sites for hydroxylation is 1. The summed E-state index contributed by atoms with van der Waals surface area (Å²) < 4.78 is 1.35. The van der Waals surface area contributed by atoms with Crippen molar-refractivity contribution < 1.29 is 5.11 Å². The second-order valence-corrected chi connectivity index (χ2v) is 6.55. The summed E-state index contributed by atoms with van der Waals surface area (Å²) in [6, 6.07) is 9.21. The topological polar surface area (TPSA) is 32.3 Å². The van der Waals surface area contributed by atoms with Crippen LogP contribution in [0.4, 0.5) is 0 Å². The van der Waals surface area contributed by atoms with Crippen molar-refractivity contribution in [3.63, 3.8) is 0 Å². The summed E-state index contributed by atoms with van der Waals surface area (Å²) >= 11 is 1.87. The van der Waals surface area contributed by atoms with Gasteiger partial charge in [-0.15, -0.1) is 11.3 Å². The van der Waals surface area contributed by atoms with Gasteiger partial charge >= 0.3 is 0 Å². The van der Waals surface area contributed by atoms with Crippen LogP contribution in [0.3, 0.4) is 0 Å². The van der Waals surface area contributed by atoms with Gasteiger partial charge < -0.3 is 10.4 Å². The number of hydrogen-bond donors (Lipinski definition) is 2. The highest BCUT2D eigenvalue weighted by atomic mass is 32.1. The smallest absolute Gasteiger partial charge is 0.0526 e. The van der Waals surface area contributed by atoms with Gasteiger partial charge in [0, 0.05) is 21.7 Å². The van der Waals surface area contributed by atoms with Crippen molar-refractivity contribution in [3.05, 3.63) is 34.7 Å². The van der Waals surface area contributed by atoms with Crippen molar-refractivity contribution in [1.29, 1.82) is 0 Å². The maximum absolute atomic E-state index is 9.44. The van der Waals surface area contributed by atoms with Crippen molar-refractivity contribution in [2.45, 2.75) is 52.3 Å². The summed E-state index contributed by atoms with van der Waals surface area (Å²) in [5.41, 5.74) is 1.38. The Bertz CT molecular complexity index is 547. The molecule has 0 aliphatic heterocycles. The quantitative estimate of drug-likeness (QED) is 0.865. The van der Waals surface area contributed by atoms with Crippen LogP contribution in [0.2, 0.25) is 0 Å². The van der Waals surface area contributed by atoms with Crippen molar-refractivity contribution in [2.75, 3.05) is 0 Å². The average Bonchev–Trinajstić information content (AvgIpc) is 2.66. The fourth-order valence-corrected chi connectivity index (χ4v) is 3.91. The standard InChI is InChI=1S/C16H23NOS/c1-10(9-11(2)18)17-13(4)16-12(3)14-7-5-6-8-15(14)19-16/h5-8,10-11,13,17-18H,9H2,1-4H3. The number of fused-ring (bicyclic) bond motifs is 1. The van der Waals surface area contributed by atoms with Crippen LogP contribution in [0, 0.1) is 6.92 Å². The Balaban J connectivity index is 2.17. The Hall–Kier alpha value is -0.900. The van der Waals surface area contributed by atoms with Crippen LogP contribution in [0.1, 0.15) is 43.7 Å². The number of nitrogens with one attached hydrogen (secondary N) is 1. The fraction of sp³-hybridized carbons (Fsp3) is 0.500. The van der Waals surface area contributed by atoms with E-state index in [1.165, 1.54) is 20.5 Å². The highest BCUT2D eigenvalue weighted by molar-refractivity contribution is 7.19. The molecule has 2 nitrogen and oxygen atoms in total. The largest absolute Gasteiger partial charge is 0.393 e. The first kappa shape index (κ1) is 14.5. The van der Waals surface area contributed by atoms with Gasteiger partial charge in [0.15, 0.2) is 0 Å². The van der Waals surface area contributed by atoms with Gasteiger partial charge in [0.25, 0.3) is 0 Å². The Morgan fingerprint density at radius 2 is 1.89 bits per heavy atom. The van der Waals surface area contributed by atoms with Gasteiger partial charge in [0.1, 0.15) is 0 Å². The first-order valence-electron chi connectivity index (χ1n) is 6.91. The van der Waals surface area contributed by atoms with Gasteiger partial charge in [-0.3, -0.25) is 0 Å². The van der Waals surface area contributed by atoms with Crippen molar-refractivity contribution in [1.82, 2.24) is 5.32 Å². The van der Waals surface area contributed by atoms with E-state index in [2.05, 4.69) is 50.4 Å². The van der Waals surface area contributed by atoms with Crippen LogP contribution in [0.25, 0.3) is 10.1 Å². The third kappa shape index (κ3) is 3.35. The summed E-state index contributed by atoms with van der Waals surface area (Å²) in [7, 11) is 0. The molecule has 2 aromatic rings. The lowest BCUT2D eigenvalue weighted by molar-refractivity contribution is 0.168. The minimum Gasteiger partial charge on any atom is -0.393 e. The van der Waals surface area contributed by atoms with Crippen LogP contribution in [-0.2, 0) is 0 Å². The van der Waals surface area contributed by atoms with E-state index in [0.29, 0.717) is 12.1 Å². The number of benzene rings is 1. The first-order chi connectivity index (χ1) is 8.99. The summed E-state index contributed by atoms with van der Waals surface area (Å²) in [5.74, 6) is 0. The lowest BCUT2D eigenvalue weighted by Crippen LogP contribution is -2.31. The third-order valence-corrected chi connectivity index (χ3v) is 4.96. The molecular formula is C16H23NOS. The van der Waals surface area contributed by atoms with Crippen molar-refractivity contribution in [2.24, 2.45) is 0 Å². The Morgan fingerprint density at radius 1 is 1.21 bits per heavy atom. The molecule has 3 unspecified atom stereocenters. The maximum Gasteiger partial charge on any atom is 0.0526 e. The molecule has 0 saturated carbocycles. The van der Waals surface area contributed by atoms with E-state index in [-0.39, 0.29) is 6.10 Å². The summed E-state index contributed by atoms with van der Waals surface area (Å²) in [6.45, 7) is 8.38. The average molecular weight is 277 g/mol. The molecule has 0 aliphatic rings. The molecule has 3 heteroatoms. The molecule has 0 bridgehead atoms. The van der Waals surface area contributed by atoms with E-state index in [0.717, 1.165) is 6.42 Å². The molecule has 0 saturated heterocycles. The van der Waals surface area contributed by atoms with Crippen LogP contribution in [0.5, 0.6) is 0 Å². The highest BCUT2D eigenvalue weighted by Crippen LogP contribution is 2.34. The fourth-order valence-electron chi connectivity index (χ4n) is 2.69. The number of aliphatic hydroxyl groups is 1. The van der Waals surface area contributed by atoms with Gasteiger partial charge in [-0.2, -0.15) is 0 Å². The summed E-state index contributed by atoms with van der Waals surface area (Å²) in [4.78, 5) is 1.40. The lowest BCUT2D eigenvalue weighted by atomic mass is 10.1. The van der Waals surface area contributed by atoms with Gasteiger partial charge in [0.2, 0.25) is 0 Å². The van der Waals surface area contributed by atoms with Crippen LogP contribution < -0.4 is 5.32 Å². The Kier molecular flexibility index (Phi) is 4.61. The monoisotopic (exact) mass is 277 g/mol. The minimum absolute atomic E-state index is 0.252. The molecular weight excluding hydrogens is 254 g/mol. The zero-order valence-electron chi connectivity index (χ0n) is 12.1. The molecule has 0 radical (unpaired) electrons. The molecule has 1 aromatic heterocycles. The predicted octanol–water partition coefficient (Wildman–Crippen LogP) is 4.02. The molecule has 0 fully saturated rings. The zero-order valence-corrected chi connectivity index (χ0v) is 12.9. The summed E-state index contributed by atoms with van der Waals surface area (Å²) in [6.07, 6.45) is 0.534. The van der Waals surface area contributed by atoms with E-state index < -0.39 is 0 Å². The minimum atomic E-state index is -0.252. The number of hydrogen-bond acceptors (Lipinski definition) is 3. The number of thiophene rings is 1. The van der Waals surface area contributed by atoms with Gasteiger partial charge in [-0.05, 0) is 51.1 Å². The SMILES string of the molecule is Cc1c(C(C)NC(C)CC(C)O)sc2ccccc12. The lowest BCUT2D eigenvalue weighted by Gasteiger charge is -2.21. The van der Waals surface area contributed by atoms with Crippen LogP contribution in [-0.4, -0.2) is 17.3 Å².